The highest BCUT2D eigenvalue weighted by Crippen LogP contribution is 2.40. The third kappa shape index (κ3) is 4.31. The largest absolute Gasteiger partial charge is 0.396 e. The van der Waals surface area contributed by atoms with Gasteiger partial charge in [-0.15, -0.1) is 12.4 Å². The molecule has 8 nitrogen and oxygen atoms in total. The van der Waals surface area contributed by atoms with Crippen LogP contribution >= 0.6 is 12.4 Å². The van der Waals surface area contributed by atoms with Crippen LogP contribution in [0.2, 0.25) is 0 Å². The average molecular weight is 454 g/mol. The number of aromatic nitrogens is 1. The maximum atomic E-state index is 11.6. The van der Waals surface area contributed by atoms with E-state index in [0.717, 1.165) is 34.0 Å². The molecule has 0 saturated heterocycles. The van der Waals surface area contributed by atoms with E-state index in [4.69, 9.17) is 15.0 Å². The van der Waals surface area contributed by atoms with Crippen molar-refractivity contribution < 1.29 is 22.8 Å². The van der Waals surface area contributed by atoms with Crippen LogP contribution in [0.3, 0.4) is 0 Å². The standard InChI is InChI=1S/C20H23N3O5S.ClH/c1-29(26,27)28-18-5-3-13(19-14(18)10-22-20(19)25)17-9-12-8-11(15(21)6-7-24)2-4-16(12)23-17;/h2-5,8-9,15,20,22-25H,6-7,10,21H2,1H3;1H. The van der Waals surface area contributed by atoms with Crippen molar-refractivity contribution in [1.82, 2.24) is 10.3 Å². The second-order valence-corrected chi connectivity index (χ2v) is 8.80. The predicted octanol–water partition coefficient (Wildman–Crippen LogP) is 2.07. The van der Waals surface area contributed by atoms with E-state index in [1.165, 1.54) is 0 Å². The number of aromatic amines is 1. The Kier molecular flexibility index (Phi) is 6.42. The lowest BCUT2D eigenvalue weighted by atomic mass is 9.99. The molecule has 0 saturated carbocycles. The van der Waals surface area contributed by atoms with Crippen molar-refractivity contribution in [1.29, 1.82) is 0 Å². The summed E-state index contributed by atoms with van der Waals surface area (Å²) in [5, 5.41) is 23.4. The van der Waals surface area contributed by atoms with Gasteiger partial charge in [-0.2, -0.15) is 8.42 Å². The fourth-order valence-electron chi connectivity index (χ4n) is 3.75. The first kappa shape index (κ1) is 22.5. The monoisotopic (exact) mass is 453 g/mol. The molecule has 1 aliphatic heterocycles. The molecule has 1 aliphatic rings. The highest BCUT2D eigenvalue weighted by atomic mass is 35.5. The lowest BCUT2D eigenvalue weighted by Crippen LogP contribution is -2.11. The normalized spacial score (nSPS) is 16.9. The molecule has 2 heterocycles. The van der Waals surface area contributed by atoms with Gasteiger partial charge in [0, 0.05) is 52.5 Å². The zero-order valence-electron chi connectivity index (χ0n) is 16.3. The van der Waals surface area contributed by atoms with Crippen LogP contribution in [-0.2, 0) is 16.7 Å². The molecule has 10 heteroatoms. The number of rotatable bonds is 6. The number of benzene rings is 2. The van der Waals surface area contributed by atoms with Gasteiger partial charge in [0.05, 0.1) is 6.26 Å². The van der Waals surface area contributed by atoms with Gasteiger partial charge < -0.3 is 25.1 Å². The van der Waals surface area contributed by atoms with Gasteiger partial charge >= 0.3 is 10.1 Å². The lowest BCUT2D eigenvalue weighted by Gasteiger charge is -2.13. The first-order valence-electron chi connectivity index (χ1n) is 9.23. The fourth-order valence-corrected chi connectivity index (χ4v) is 4.23. The van der Waals surface area contributed by atoms with Crippen molar-refractivity contribution in [2.24, 2.45) is 5.73 Å². The van der Waals surface area contributed by atoms with Crippen molar-refractivity contribution in [3.05, 3.63) is 53.1 Å². The smallest absolute Gasteiger partial charge is 0.306 e. The zero-order valence-corrected chi connectivity index (χ0v) is 17.9. The number of hydrogen-bond donors (Lipinski definition) is 5. The van der Waals surface area contributed by atoms with Gasteiger partial charge in [0.15, 0.2) is 0 Å². The van der Waals surface area contributed by atoms with Crippen LogP contribution in [-0.4, -0.2) is 36.5 Å². The van der Waals surface area contributed by atoms with E-state index in [-0.39, 0.29) is 30.8 Å². The number of nitrogens with two attached hydrogens (primary N) is 1. The molecule has 162 valence electrons. The molecule has 0 spiro atoms. The summed E-state index contributed by atoms with van der Waals surface area (Å²) in [6, 6.07) is 10.9. The quantitative estimate of drug-likeness (QED) is 0.360. The van der Waals surface area contributed by atoms with Gasteiger partial charge in [-0.3, -0.25) is 5.32 Å². The molecule has 0 fully saturated rings. The second kappa shape index (κ2) is 8.54. The van der Waals surface area contributed by atoms with E-state index in [2.05, 4.69) is 10.3 Å². The Bertz CT molecular complexity index is 1180. The Morgan fingerprint density at radius 3 is 2.73 bits per heavy atom. The number of aliphatic hydroxyl groups is 2. The zero-order chi connectivity index (χ0) is 20.8. The summed E-state index contributed by atoms with van der Waals surface area (Å²) in [5.41, 5.74) is 10.7. The van der Waals surface area contributed by atoms with Gasteiger partial charge in [-0.25, -0.2) is 0 Å². The van der Waals surface area contributed by atoms with Crippen molar-refractivity contribution in [2.75, 3.05) is 12.9 Å². The molecular weight excluding hydrogens is 430 g/mol. The second-order valence-electron chi connectivity index (χ2n) is 7.22. The van der Waals surface area contributed by atoms with Crippen LogP contribution < -0.4 is 15.2 Å². The number of H-pyrrole nitrogens is 1. The Morgan fingerprint density at radius 1 is 1.27 bits per heavy atom. The van der Waals surface area contributed by atoms with Crippen molar-refractivity contribution in [3.8, 4) is 17.0 Å². The number of nitrogens with one attached hydrogen (secondary N) is 2. The number of halogens is 1. The van der Waals surface area contributed by atoms with Crippen LogP contribution in [0.4, 0.5) is 0 Å². The molecule has 0 aliphatic carbocycles. The number of aliphatic hydroxyl groups excluding tert-OH is 2. The first-order valence-corrected chi connectivity index (χ1v) is 11.0. The summed E-state index contributed by atoms with van der Waals surface area (Å²) < 4.78 is 28.2. The predicted molar refractivity (Wildman–Crippen MR) is 117 cm³/mol. The van der Waals surface area contributed by atoms with Gasteiger partial charge in [0.1, 0.15) is 12.0 Å². The van der Waals surface area contributed by atoms with Crippen LogP contribution in [0.15, 0.2) is 36.4 Å². The van der Waals surface area contributed by atoms with Crippen LogP contribution in [0.25, 0.3) is 22.2 Å². The molecule has 6 N–H and O–H groups in total. The van der Waals surface area contributed by atoms with Gasteiger partial charge in [-0.05, 0) is 42.3 Å². The number of fused-ring (bicyclic) bond motifs is 2. The molecule has 1 aromatic heterocycles. The maximum Gasteiger partial charge on any atom is 0.306 e. The molecule has 4 rings (SSSR count). The van der Waals surface area contributed by atoms with Gasteiger partial charge in [-0.1, -0.05) is 6.07 Å². The fraction of sp³-hybridized carbons (Fsp3) is 0.300. The summed E-state index contributed by atoms with van der Waals surface area (Å²) in [5.74, 6) is 0.212. The summed E-state index contributed by atoms with van der Waals surface area (Å²) in [6.45, 7) is 0.325. The van der Waals surface area contributed by atoms with Crippen molar-refractivity contribution in [3.63, 3.8) is 0 Å². The van der Waals surface area contributed by atoms with E-state index in [1.807, 2.05) is 24.3 Å². The third-order valence-electron chi connectivity index (χ3n) is 5.10. The van der Waals surface area contributed by atoms with Gasteiger partial charge in [0.2, 0.25) is 0 Å². The van der Waals surface area contributed by atoms with Crippen LogP contribution in [0, 0.1) is 0 Å². The molecular formula is C20H24ClN3O5S. The summed E-state index contributed by atoms with van der Waals surface area (Å²) >= 11 is 0. The Hall–Kier alpha value is -2.14. The van der Waals surface area contributed by atoms with Crippen LogP contribution in [0.5, 0.6) is 5.75 Å². The van der Waals surface area contributed by atoms with E-state index >= 15 is 0 Å². The van der Waals surface area contributed by atoms with E-state index in [1.54, 1.807) is 12.1 Å². The Balaban J connectivity index is 0.00000256. The topological polar surface area (TPSA) is 138 Å². The highest BCUT2D eigenvalue weighted by molar-refractivity contribution is 7.86. The van der Waals surface area contributed by atoms with E-state index in [0.29, 0.717) is 24.1 Å². The SMILES string of the molecule is CS(=O)(=O)Oc1ccc(-c2cc3cc(C(N)CCO)ccc3[nH]2)c2c1CNC2O.Cl. The van der Waals surface area contributed by atoms with E-state index < -0.39 is 16.3 Å². The minimum Gasteiger partial charge on any atom is -0.396 e. The lowest BCUT2D eigenvalue weighted by molar-refractivity contribution is 0.152. The molecule has 3 aromatic rings. The molecule has 2 aromatic carbocycles. The minimum atomic E-state index is -3.68. The van der Waals surface area contributed by atoms with E-state index in [9.17, 15) is 13.5 Å². The number of hydrogen-bond acceptors (Lipinski definition) is 7. The molecule has 2 unspecified atom stereocenters. The minimum absolute atomic E-state index is 0. The summed E-state index contributed by atoms with van der Waals surface area (Å²) in [6.07, 6.45) is 0.543. The average Bonchev–Trinajstić information content (AvgIpc) is 3.25. The van der Waals surface area contributed by atoms with Crippen molar-refractivity contribution >= 4 is 33.4 Å². The molecule has 0 amide bonds. The molecule has 30 heavy (non-hydrogen) atoms. The molecule has 0 radical (unpaired) electrons. The summed E-state index contributed by atoms with van der Waals surface area (Å²) in [4.78, 5) is 3.34. The first-order chi connectivity index (χ1) is 13.8. The van der Waals surface area contributed by atoms with Crippen LogP contribution in [0.1, 0.15) is 35.4 Å². The van der Waals surface area contributed by atoms with Gasteiger partial charge in [0.25, 0.3) is 0 Å². The van der Waals surface area contributed by atoms with Crippen molar-refractivity contribution in [2.45, 2.75) is 25.2 Å². The Morgan fingerprint density at radius 2 is 2.03 bits per heavy atom. The highest BCUT2D eigenvalue weighted by Gasteiger charge is 2.28. The Labute approximate surface area is 180 Å². The molecule has 2 atom stereocenters. The maximum absolute atomic E-state index is 11.6. The summed E-state index contributed by atoms with van der Waals surface area (Å²) in [7, 11) is -3.68. The third-order valence-corrected chi connectivity index (χ3v) is 5.59. The molecule has 0 bridgehead atoms.